The van der Waals surface area contributed by atoms with E-state index in [0.29, 0.717) is 28.5 Å². The van der Waals surface area contributed by atoms with Crippen LogP contribution >= 0.6 is 0 Å². The van der Waals surface area contributed by atoms with Gasteiger partial charge in [-0.2, -0.15) is 0 Å². The van der Waals surface area contributed by atoms with Crippen LogP contribution in [-0.2, 0) is 12.0 Å². The zero-order chi connectivity index (χ0) is 26.9. The molecule has 1 aliphatic rings. The van der Waals surface area contributed by atoms with Crippen molar-refractivity contribution in [3.8, 4) is 0 Å². The van der Waals surface area contributed by atoms with Gasteiger partial charge in [-0.25, -0.2) is 19.0 Å². The molecule has 12 heteroatoms. The Kier molecular flexibility index (Phi) is 7.03. The predicted octanol–water partition coefficient (Wildman–Crippen LogP) is 4.44. The molecule has 0 saturated heterocycles. The molecule has 1 aromatic carbocycles. The number of carbonyl (C=O) groups is 2. The van der Waals surface area contributed by atoms with Crippen LogP contribution < -0.4 is 25.8 Å². The molecule has 3 aromatic rings. The summed E-state index contributed by atoms with van der Waals surface area (Å²) in [6.07, 6.45) is 1.65. The van der Waals surface area contributed by atoms with E-state index in [4.69, 9.17) is 4.52 Å². The maximum absolute atomic E-state index is 14.8. The molecule has 4 N–H and O–H groups in total. The van der Waals surface area contributed by atoms with Crippen molar-refractivity contribution in [2.75, 3.05) is 45.9 Å². The van der Waals surface area contributed by atoms with Crippen molar-refractivity contribution in [1.29, 1.82) is 0 Å². The van der Waals surface area contributed by atoms with Crippen LogP contribution in [0.4, 0.5) is 42.7 Å². The number of nitrogens with one attached hydrogen (secondary N) is 3. The van der Waals surface area contributed by atoms with Crippen LogP contribution in [0, 0.1) is 12.7 Å². The van der Waals surface area contributed by atoms with E-state index >= 15 is 0 Å². The number of carbonyl (C=O) groups excluding carboxylic acids is 2. The second-order valence-corrected chi connectivity index (χ2v) is 9.72. The van der Waals surface area contributed by atoms with Gasteiger partial charge in [-0.05, 0) is 24.6 Å². The van der Waals surface area contributed by atoms with Crippen LogP contribution in [0.2, 0.25) is 0 Å². The van der Waals surface area contributed by atoms with Crippen LogP contribution in [0.5, 0.6) is 0 Å². The summed E-state index contributed by atoms with van der Waals surface area (Å²) < 4.78 is 20.0. The van der Waals surface area contributed by atoms with Gasteiger partial charge in [0.2, 0.25) is 5.88 Å². The Bertz CT molecular complexity index is 1340. The number of aliphatic hydroxyl groups excluding tert-OH is 1. The first-order chi connectivity index (χ1) is 17.5. The van der Waals surface area contributed by atoms with E-state index in [2.05, 4.69) is 26.1 Å². The van der Waals surface area contributed by atoms with Gasteiger partial charge in [-0.3, -0.25) is 15.1 Å². The Hall–Kier alpha value is -4.19. The van der Waals surface area contributed by atoms with E-state index in [0.717, 1.165) is 5.56 Å². The average molecular weight is 512 g/mol. The summed E-state index contributed by atoms with van der Waals surface area (Å²) in [5.74, 6) is 0.0348. The molecular weight excluding hydrogens is 481 g/mol. The molecule has 4 amide bonds. The number of pyridine rings is 1. The number of hydrogen-bond acceptors (Lipinski definition) is 7. The Morgan fingerprint density at radius 1 is 1.19 bits per heavy atom. The highest BCUT2D eigenvalue weighted by Crippen LogP contribution is 2.36. The first-order valence-electron chi connectivity index (χ1n) is 11.7. The third kappa shape index (κ3) is 5.33. The second-order valence-electron chi connectivity index (χ2n) is 9.72. The molecule has 1 aliphatic heterocycles. The number of β-amino-alcohol motifs (C(OH)–C–C–N with tert-alkyl or cyclic N) is 1. The number of halogens is 1. The number of benzene rings is 1. The monoisotopic (exact) mass is 511 g/mol. The summed E-state index contributed by atoms with van der Waals surface area (Å²) in [7, 11) is 1.72. The first kappa shape index (κ1) is 25.9. The van der Waals surface area contributed by atoms with Crippen molar-refractivity contribution in [3.05, 3.63) is 53.1 Å². The van der Waals surface area contributed by atoms with Gasteiger partial charge in [-0.15, -0.1) is 0 Å². The number of aromatic nitrogens is 2. The van der Waals surface area contributed by atoms with Gasteiger partial charge >= 0.3 is 12.1 Å². The van der Waals surface area contributed by atoms with Crippen molar-refractivity contribution >= 4 is 40.8 Å². The van der Waals surface area contributed by atoms with Crippen molar-refractivity contribution in [3.63, 3.8) is 0 Å². The number of nitrogens with zero attached hydrogens (tertiary/aromatic N) is 4. The molecule has 0 aliphatic carbocycles. The smallest absolute Gasteiger partial charge is 0.329 e. The highest BCUT2D eigenvalue weighted by Gasteiger charge is 2.33. The standard InChI is InChI=1S/C25H30FN7O4/c1-14-8-16(26)17(29-23(35)30-22-11-20(31-37-22)25(2,3)4)9-18(14)33-13-15-12-28-21(27-5)10-19(15)32(6-7-34)24(33)36/h8-12,34H,6-7,13H2,1-5H3,(H,27,28)(H2,29,30,35). The van der Waals surface area contributed by atoms with Crippen LogP contribution in [0.25, 0.3) is 0 Å². The molecule has 0 fully saturated rings. The molecule has 196 valence electrons. The third-order valence-electron chi connectivity index (χ3n) is 5.96. The minimum absolute atomic E-state index is 0.0665. The van der Waals surface area contributed by atoms with Crippen molar-refractivity contribution in [2.24, 2.45) is 0 Å². The van der Waals surface area contributed by atoms with Crippen LogP contribution in [0.1, 0.15) is 37.6 Å². The number of rotatable bonds is 6. The topological polar surface area (TPSA) is 136 Å². The second kappa shape index (κ2) is 10.1. The first-order valence-corrected chi connectivity index (χ1v) is 11.7. The van der Waals surface area contributed by atoms with E-state index < -0.39 is 17.9 Å². The van der Waals surface area contributed by atoms with Gasteiger partial charge in [0, 0.05) is 36.4 Å². The highest BCUT2D eigenvalue weighted by molar-refractivity contribution is 6.07. The maximum Gasteiger partial charge on any atom is 0.329 e. The summed E-state index contributed by atoms with van der Waals surface area (Å²) in [4.78, 5) is 33.3. The molecule has 0 atom stereocenters. The summed E-state index contributed by atoms with van der Waals surface area (Å²) in [5, 5.41) is 21.4. The van der Waals surface area contributed by atoms with Gasteiger partial charge in [-0.1, -0.05) is 25.9 Å². The lowest BCUT2D eigenvalue weighted by atomic mass is 9.92. The summed E-state index contributed by atoms with van der Waals surface area (Å²) in [6, 6.07) is 4.87. The van der Waals surface area contributed by atoms with E-state index in [9.17, 15) is 19.1 Å². The fraction of sp³-hybridized carbons (Fsp3) is 0.360. The number of aliphatic hydroxyl groups is 1. The van der Waals surface area contributed by atoms with Gasteiger partial charge in [0.05, 0.1) is 42.5 Å². The predicted molar refractivity (Wildman–Crippen MR) is 139 cm³/mol. The third-order valence-corrected chi connectivity index (χ3v) is 5.96. The Morgan fingerprint density at radius 3 is 2.59 bits per heavy atom. The highest BCUT2D eigenvalue weighted by atomic mass is 19.1. The quantitative estimate of drug-likeness (QED) is 0.384. The van der Waals surface area contributed by atoms with Gasteiger partial charge in [0.1, 0.15) is 11.6 Å². The largest absolute Gasteiger partial charge is 0.395 e. The van der Waals surface area contributed by atoms with Crippen LogP contribution in [-0.4, -0.2) is 47.5 Å². The van der Waals surface area contributed by atoms with Crippen molar-refractivity contribution in [2.45, 2.75) is 39.7 Å². The Balaban J connectivity index is 1.61. The lowest BCUT2D eigenvalue weighted by Gasteiger charge is -2.37. The van der Waals surface area contributed by atoms with Gasteiger partial charge in [0.25, 0.3) is 0 Å². The molecular formula is C25H30FN7O4. The fourth-order valence-electron chi connectivity index (χ4n) is 3.97. The average Bonchev–Trinajstić information content (AvgIpc) is 3.31. The molecule has 0 saturated carbocycles. The Morgan fingerprint density at radius 2 is 1.95 bits per heavy atom. The molecule has 0 spiro atoms. The zero-order valence-corrected chi connectivity index (χ0v) is 21.3. The van der Waals surface area contributed by atoms with Crippen LogP contribution in [0.15, 0.2) is 35.0 Å². The molecule has 3 heterocycles. The maximum atomic E-state index is 14.8. The number of fused-ring (bicyclic) bond motifs is 1. The number of anilines is 5. The zero-order valence-electron chi connectivity index (χ0n) is 21.3. The van der Waals surface area contributed by atoms with Crippen LogP contribution in [0.3, 0.4) is 0 Å². The van der Waals surface area contributed by atoms with E-state index in [1.165, 1.54) is 21.9 Å². The lowest BCUT2D eigenvalue weighted by Crippen LogP contribution is -2.48. The summed E-state index contributed by atoms with van der Waals surface area (Å²) in [5.41, 5.74) is 2.54. The fourth-order valence-corrected chi connectivity index (χ4v) is 3.97. The lowest BCUT2D eigenvalue weighted by molar-refractivity contribution is 0.245. The molecule has 37 heavy (non-hydrogen) atoms. The molecule has 2 aromatic heterocycles. The van der Waals surface area contributed by atoms with E-state index in [1.54, 1.807) is 32.3 Å². The molecule has 0 unspecified atom stereocenters. The summed E-state index contributed by atoms with van der Waals surface area (Å²) >= 11 is 0. The molecule has 4 rings (SSSR count). The van der Waals surface area contributed by atoms with E-state index in [1.807, 2.05) is 20.8 Å². The number of hydrogen-bond donors (Lipinski definition) is 4. The number of urea groups is 2. The normalized spacial score (nSPS) is 13.4. The molecule has 0 radical (unpaired) electrons. The van der Waals surface area contributed by atoms with E-state index in [-0.39, 0.29) is 36.7 Å². The van der Waals surface area contributed by atoms with Gasteiger partial charge in [0.15, 0.2) is 0 Å². The molecule has 0 bridgehead atoms. The minimum atomic E-state index is -0.730. The van der Waals surface area contributed by atoms with Gasteiger partial charge < -0.3 is 20.3 Å². The van der Waals surface area contributed by atoms with Crippen molar-refractivity contribution < 1.29 is 23.6 Å². The minimum Gasteiger partial charge on any atom is -0.395 e. The number of amides is 4. The molecule has 11 nitrogen and oxygen atoms in total. The van der Waals surface area contributed by atoms with Crippen molar-refractivity contribution in [1.82, 2.24) is 10.1 Å². The Labute approximate surface area is 213 Å². The number of aryl methyl sites for hydroxylation is 1. The SMILES string of the molecule is CNc1cc2c(cn1)CN(c1cc(NC(=O)Nc3cc(C(C)(C)C)no3)c(F)cc1C)C(=O)N2CCO. The summed E-state index contributed by atoms with van der Waals surface area (Å²) in [6.45, 7) is 7.53.